The number of carbonyl (C=O) groups excluding carboxylic acids is 1. The monoisotopic (exact) mass is 248 g/mol. The van der Waals surface area contributed by atoms with Crippen molar-refractivity contribution < 1.29 is 9.00 Å². The number of nitrogens with one attached hydrogen (secondary N) is 1. The van der Waals surface area contributed by atoms with Gasteiger partial charge in [-0.25, -0.2) is 0 Å². The fourth-order valence-corrected chi connectivity index (χ4v) is 1.69. The molecule has 0 aromatic carbocycles. The molecule has 1 N–H and O–H groups in total. The van der Waals surface area contributed by atoms with E-state index >= 15 is 0 Å². The van der Waals surface area contributed by atoms with Crippen molar-refractivity contribution in [2.24, 2.45) is 0 Å². The van der Waals surface area contributed by atoms with Crippen molar-refractivity contribution in [2.75, 3.05) is 25.9 Å². The number of amides is 1. The molecule has 0 spiro atoms. The van der Waals surface area contributed by atoms with Crippen LogP contribution in [0.3, 0.4) is 0 Å². The first-order valence-electron chi connectivity index (χ1n) is 5.78. The van der Waals surface area contributed by atoms with Gasteiger partial charge in [-0.05, 0) is 27.7 Å². The highest BCUT2D eigenvalue weighted by atomic mass is 32.2. The van der Waals surface area contributed by atoms with Gasteiger partial charge in [0.25, 0.3) is 0 Å². The summed E-state index contributed by atoms with van der Waals surface area (Å²) in [5, 5.41) is 3.20. The predicted octanol–water partition coefficient (Wildman–Crippen LogP) is 0.600. The molecule has 16 heavy (non-hydrogen) atoms. The molecule has 0 aliphatic heterocycles. The van der Waals surface area contributed by atoms with Crippen LogP contribution in [-0.2, 0) is 15.6 Å². The summed E-state index contributed by atoms with van der Waals surface area (Å²) in [5.41, 5.74) is 0. The zero-order valence-corrected chi connectivity index (χ0v) is 11.8. The number of nitrogens with zero attached hydrogens (tertiary/aromatic N) is 1. The second-order valence-corrected chi connectivity index (χ2v) is 5.75. The van der Waals surface area contributed by atoms with Gasteiger partial charge in [-0.2, -0.15) is 0 Å². The molecule has 0 aliphatic rings. The van der Waals surface area contributed by atoms with Crippen molar-refractivity contribution in [3.63, 3.8) is 0 Å². The highest BCUT2D eigenvalue weighted by Gasteiger charge is 2.18. The van der Waals surface area contributed by atoms with Gasteiger partial charge in [0.05, 0.1) is 6.04 Å². The summed E-state index contributed by atoms with van der Waals surface area (Å²) in [6, 6.07) is -0.203. The molecule has 1 amide bonds. The second-order valence-electron chi connectivity index (χ2n) is 3.95. The Kier molecular flexibility index (Phi) is 7.58. The molecule has 5 heteroatoms. The van der Waals surface area contributed by atoms with E-state index < -0.39 is 10.8 Å². The van der Waals surface area contributed by atoms with E-state index in [9.17, 15) is 9.00 Å². The van der Waals surface area contributed by atoms with Crippen molar-refractivity contribution in [1.29, 1.82) is 0 Å². The Labute approximate surface area is 101 Å². The quantitative estimate of drug-likeness (QED) is 0.718. The van der Waals surface area contributed by atoms with Crippen LogP contribution in [0.2, 0.25) is 0 Å². The van der Waals surface area contributed by atoms with Gasteiger partial charge < -0.3 is 10.2 Å². The molecule has 96 valence electrons. The number of rotatable bonds is 7. The van der Waals surface area contributed by atoms with Crippen LogP contribution in [0, 0.1) is 0 Å². The van der Waals surface area contributed by atoms with Crippen molar-refractivity contribution in [1.82, 2.24) is 10.2 Å². The molecule has 0 heterocycles. The summed E-state index contributed by atoms with van der Waals surface area (Å²) < 4.78 is 11.1. The third-order valence-electron chi connectivity index (χ3n) is 2.72. The van der Waals surface area contributed by atoms with E-state index in [0.29, 0.717) is 6.54 Å². The SMILES string of the molecule is CCN(CC)C(=O)C(C)NCC(C)S(C)=O. The summed E-state index contributed by atoms with van der Waals surface area (Å²) >= 11 is 0. The minimum absolute atomic E-state index is 0.0759. The standard InChI is InChI=1S/C11H24N2O2S/c1-6-13(7-2)11(14)10(4)12-8-9(3)16(5)15/h9-10,12H,6-8H2,1-5H3. The average molecular weight is 248 g/mol. The predicted molar refractivity (Wildman–Crippen MR) is 68.9 cm³/mol. The molecule has 3 unspecified atom stereocenters. The smallest absolute Gasteiger partial charge is 0.239 e. The number of hydrogen-bond donors (Lipinski definition) is 1. The molecule has 3 atom stereocenters. The Morgan fingerprint density at radius 3 is 2.19 bits per heavy atom. The van der Waals surface area contributed by atoms with Crippen LogP contribution in [0.25, 0.3) is 0 Å². The molecule has 0 rings (SSSR count). The molecule has 0 aliphatic carbocycles. The maximum absolute atomic E-state index is 11.9. The lowest BCUT2D eigenvalue weighted by Crippen LogP contribution is -2.46. The number of hydrogen-bond acceptors (Lipinski definition) is 3. The Morgan fingerprint density at radius 1 is 1.31 bits per heavy atom. The first-order chi connectivity index (χ1) is 7.43. The molecule has 0 radical (unpaired) electrons. The fourth-order valence-electron chi connectivity index (χ4n) is 1.36. The summed E-state index contributed by atoms with van der Waals surface area (Å²) in [6.07, 6.45) is 1.68. The van der Waals surface area contributed by atoms with Crippen molar-refractivity contribution in [2.45, 2.75) is 39.0 Å². The molecular formula is C11H24N2O2S. The normalized spacial score (nSPS) is 16.6. The van der Waals surface area contributed by atoms with Crippen LogP contribution >= 0.6 is 0 Å². The second kappa shape index (κ2) is 7.79. The lowest BCUT2D eigenvalue weighted by atomic mass is 10.2. The van der Waals surface area contributed by atoms with Gasteiger partial charge in [0.1, 0.15) is 0 Å². The summed E-state index contributed by atoms with van der Waals surface area (Å²) in [6.45, 7) is 9.78. The minimum Gasteiger partial charge on any atom is -0.342 e. The van der Waals surface area contributed by atoms with Crippen LogP contribution in [0.5, 0.6) is 0 Å². The molecule has 0 aromatic rings. The van der Waals surface area contributed by atoms with Crippen molar-refractivity contribution >= 4 is 16.7 Å². The molecule has 0 saturated carbocycles. The molecule has 0 fully saturated rings. The lowest BCUT2D eigenvalue weighted by Gasteiger charge is -2.24. The third-order valence-corrected chi connectivity index (χ3v) is 4.02. The highest BCUT2D eigenvalue weighted by Crippen LogP contribution is 1.96. The lowest BCUT2D eigenvalue weighted by molar-refractivity contribution is -0.132. The van der Waals surface area contributed by atoms with Gasteiger partial charge in [0.15, 0.2) is 0 Å². The van der Waals surface area contributed by atoms with E-state index in [1.165, 1.54) is 0 Å². The average Bonchev–Trinajstić information content (AvgIpc) is 2.26. The minimum atomic E-state index is -0.842. The van der Waals surface area contributed by atoms with E-state index in [-0.39, 0.29) is 17.2 Å². The Bertz CT molecular complexity index is 242. The zero-order chi connectivity index (χ0) is 12.7. The Morgan fingerprint density at radius 2 is 1.81 bits per heavy atom. The van der Waals surface area contributed by atoms with Gasteiger partial charge >= 0.3 is 0 Å². The maximum atomic E-state index is 11.9. The largest absolute Gasteiger partial charge is 0.342 e. The van der Waals surface area contributed by atoms with E-state index in [0.717, 1.165) is 13.1 Å². The van der Waals surface area contributed by atoms with Crippen LogP contribution in [0.15, 0.2) is 0 Å². The van der Waals surface area contributed by atoms with Crippen molar-refractivity contribution in [3.8, 4) is 0 Å². The molecule has 0 bridgehead atoms. The van der Waals surface area contributed by atoms with Crippen LogP contribution in [-0.4, -0.2) is 52.2 Å². The number of likely N-dealkylation sites (N-methyl/N-ethyl adjacent to an activating group) is 1. The fraction of sp³-hybridized carbons (Fsp3) is 0.909. The van der Waals surface area contributed by atoms with E-state index in [1.807, 2.05) is 27.7 Å². The topological polar surface area (TPSA) is 49.4 Å². The van der Waals surface area contributed by atoms with Crippen LogP contribution < -0.4 is 5.32 Å². The van der Waals surface area contributed by atoms with Crippen molar-refractivity contribution in [3.05, 3.63) is 0 Å². The summed E-state index contributed by atoms with van der Waals surface area (Å²) in [5.74, 6) is 0.110. The zero-order valence-electron chi connectivity index (χ0n) is 10.9. The summed E-state index contributed by atoms with van der Waals surface area (Å²) in [7, 11) is -0.842. The molecule has 4 nitrogen and oxygen atoms in total. The van der Waals surface area contributed by atoms with Crippen LogP contribution in [0.4, 0.5) is 0 Å². The first kappa shape index (κ1) is 15.6. The number of carbonyl (C=O) groups is 1. The first-order valence-corrected chi connectivity index (χ1v) is 7.40. The Balaban J connectivity index is 4.10. The van der Waals surface area contributed by atoms with Gasteiger partial charge in [-0.1, -0.05) is 0 Å². The van der Waals surface area contributed by atoms with Gasteiger partial charge in [-0.15, -0.1) is 0 Å². The van der Waals surface area contributed by atoms with Gasteiger partial charge in [-0.3, -0.25) is 9.00 Å². The van der Waals surface area contributed by atoms with E-state index in [2.05, 4.69) is 5.32 Å². The molecule has 0 aromatic heterocycles. The third kappa shape index (κ3) is 5.07. The molecule has 0 saturated heterocycles. The highest BCUT2D eigenvalue weighted by molar-refractivity contribution is 7.84. The molecular weight excluding hydrogens is 224 g/mol. The summed E-state index contributed by atoms with van der Waals surface area (Å²) in [4.78, 5) is 13.7. The van der Waals surface area contributed by atoms with Gasteiger partial charge in [0.2, 0.25) is 5.91 Å². The van der Waals surface area contributed by atoms with Gasteiger partial charge in [0, 0.05) is 41.9 Å². The maximum Gasteiger partial charge on any atom is 0.239 e. The van der Waals surface area contributed by atoms with Crippen LogP contribution in [0.1, 0.15) is 27.7 Å². The van der Waals surface area contributed by atoms with E-state index in [4.69, 9.17) is 0 Å². The van der Waals surface area contributed by atoms with E-state index in [1.54, 1.807) is 11.2 Å². The Hall–Kier alpha value is -0.420.